The van der Waals surface area contributed by atoms with Crippen LogP contribution in [0.3, 0.4) is 0 Å². The van der Waals surface area contributed by atoms with E-state index in [-0.39, 0.29) is 5.82 Å². The Bertz CT molecular complexity index is 466. The molecule has 2 heterocycles. The zero-order chi connectivity index (χ0) is 12.6. The van der Waals surface area contributed by atoms with E-state index in [2.05, 4.69) is 4.98 Å². The summed E-state index contributed by atoms with van der Waals surface area (Å²) in [5.74, 6) is 0.0224. The Hall–Kier alpha value is -1.51. The van der Waals surface area contributed by atoms with Gasteiger partial charge < -0.3 is 20.7 Å². The van der Waals surface area contributed by atoms with E-state index in [0.717, 1.165) is 4.57 Å². The van der Waals surface area contributed by atoms with Gasteiger partial charge in [-0.2, -0.15) is 4.98 Å². The molecule has 0 spiro atoms. The molecule has 4 N–H and O–H groups in total. The molecule has 1 aliphatic rings. The maximum Gasteiger partial charge on any atom is 0.351 e. The second-order valence-corrected chi connectivity index (χ2v) is 3.72. The Morgan fingerprint density at radius 2 is 2.35 bits per heavy atom. The SMILES string of the molecule is Nc1ccn([C@@H]2O[C@H](CO)C(F)[C@H]2O)c(=O)n1. The van der Waals surface area contributed by atoms with E-state index in [9.17, 15) is 14.3 Å². The summed E-state index contributed by atoms with van der Waals surface area (Å²) in [7, 11) is 0. The molecule has 7 nitrogen and oxygen atoms in total. The van der Waals surface area contributed by atoms with Gasteiger partial charge >= 0.3 is 5.69 Å². The molecular weight excluding hydrogens is 233 g/mol. The van der Waals surface area contributed by atoms with Gasteiger partial charge in [-0.15, -0.1) is 0 Å². The molecule has 0 bridgehead atoms. The average Bonchev–Trinajstić information content (AvgIpc) is 2.57. The number of hydrogen-bond acceptors (Lipinski definition) is 6. The fraction of sp³-hybridized carbons (Fsp3) is 0.556. The third kappa shape index (κ3) is 2.02. The quantitative estimate of drug-likeness (QED) is 0.579. The molecule has 1 fully saturated rings. The molecule has 0 aromatic carbocycles. The summed E-state index contributed by atoms with van der Waals surface area (Å²) in [6, 6.07) is 1.33. The lowest BCUT2D eigenvalue weighted by atomic mass is 10.1. The van der Waals surface area contributed by atoms with Crippen molar-refractivity contribution < 1.29 is 19.3 Å². The standard InChI is InChI=1S/C9H12FN3O4/c10-6-4(3-14)17-8(7(6)15)13-2-1-5(11)12-9(13)16/h1-2,4,6-8,14-15H,3H2,(H2,11,12,16)/t4-,6?,7-,8-/m1/s1. The van der Waals surface area contributed by atoms with Gasteiger partial charge in [0.05, 0.1) is 6.61 Å². The third-order valence-corrected chi connectivity index (χ3v) is 2.59. The number of nitrogen functional groups attached to an aromatic ring is 1. The van der Waals surface area contributed by atoms with Gasteiger partial charge in [-0.1, -0.05) is 0 Å². The number of ether oxygens (including phenoxy) is 1. The maximum atomic E-state index is 13.4. The normalized spacial score (nSPS) is 32.9. The van der Waals surface area contributed by atoms with Crippen molar-refractivity contribution in [3.63, 3.8) is 0 Å². The Morgan fingerprint density at radius 1 is 1.65 bits per heavy atom. The van der Waals surface area contributed by atoms with E-state index in [1.807, 2.05) is 0 Å². The van der Waals surface area contributed by atoms with Crippen LogP contribution in [0.1, 0.15) is 6.23 Å². The van der Waals surface area contributed by atoms with Crippen LogP contribution in [0.4, 0.5) is 10.2 Å². The van der Waals surface area contributed by atoms with E-state index >= 15 is 0 Å². The van der Waals surface area contributed by atoms with Crippen LogP contribution in [0.2, 0.25) is 0 Å². The van der Waals surface area contributed by atoms with Gasteiger partial charge in [0.2, 0.25) is 0 Å². The highest BCUT2D eigenvalue weighted by Gasteiger charge is 2.45. The lowest BCUT2D eigenvalue weighted by molar-refractivity contribution is -0.0536. The molecule has 1 saturated heterocycles. The maximum absolute atomic E-state index is 13.4. The first-order valence-electron chi connectivity index (χ1n) is 4.97. The summed E-state index contributed by atoms with van der Waals surface area (Å²) in [6.45, 7) is -0.578. The number of aromatic nitrogens is 2. The van der Waals surface area contributed by atoms with E-state index in [1.54, 1.807) is 0 Å². The Balaban J connectivity index is 2.32. The first kappa shape index (κ1) is 12.0. The molecule has 1 aliphatic heterocycles. The van der Waals surface area contributed by atoms with E-state index in [0.29, 0.717) is 0 Å². The minimum absolute atomic E-state index is 0.0224. The van der Waals surface area contributed by atoms with Crippen molar-refractivity contribution in [2.75, 3.05) is 12.3 Å². The van der Waals surface area contributed by atoms with Gasteiger partial charge in [-0.05, 0) is 6.07 Å². The monoisotopic (exact) mass is 245 g/mol. The predicted molar refractivity (Wildman–Crippen MR) is 54.8 cm³/mol. The van der Waals surface area contributed by atoms with Gasteiger partial charge in [0, 0.05) is 6.20 Å². The van der Waals surface area contributed by atoms with Gasteiger partial charge in [0.1, 0.15) is 18.0 Å². The largest absolute Gasteiger partial charge is 0.394 e. The molecule has 0 amide bonds. The molecule has 8 heteroatoms. The highest BCUT2D eigenvalue weighted by atomic mass is 19.1. The van der Waals surface area contributed by atoms with Crippen LogP contribution in [-0.2, 0) is 4.74 Å². The zero-order valence-electron chi connectivity index (χ0n) is 8.73. The number of rotatable bonds is 2. The lowest BCUT2D eigenvalue weighted by Crippen LogP contribution is -2.34. The number of halogens is 1. The number of aliphatic hydroxyl groups is 2. The highest BCUT2D eigenvalue weighted by Crippen LogP contribution is 2.30. The fourth-order valence-corrected chi connectivity index (χ4v) is 1.71. The Kier molecular flexibility index (Phi) is 3.09. The molecule has 94 valence electrons. The zero-order valence-corrected chi connectivity index (χ0v) is 8.73. The first-order chi connectivity index (χ1) is 8.04. The van der Waals surface area contributed by atoms with Crippen LogP contribution in [-0.4, -0.2) is 44.8 Å². The Labute approximate surface area is 95.3 Å². The van der Waals surface area contributed by atoms with Crippen LogP contribution in [0, 0.1) is 0 Å². The minimum Gasteiger partial charge on any atom is -0.394 e. The number of nitrogens with two attached hydrogens (primary N) is 1. The average molecular weight is 245 g/mol. The molecular formula is C9H12FN3O4. The molecule has 0 saturated carbocycles. The number of anilines is 1. The van der Waals surface area contributed by atoms with Crippen molar-refractivity contribution in [1.82, 2.24) is 9.55 Å². The molecule has 4 atom stereocenters. The van der Waals surface area contributed by atoms with Crippen LogP contribution in [0.15, 0.2) is 17.1 Å². The van der Waals surface area contributed by atoms with E-state index in [1.165, 1.54) is 12.3 Å². The molecule has 1 aromatic rings. The summed E-state index contributed by atoms with van der Waals surface area (Å²) < 4.78 is 19.4. The molecule has 17 heavy (non-hydrogen) atoms. The topological polar surface area (TPSA) is 111 Å². The third-order valence-electron chi connectivity index (χ3n) is 2.59. The van der Waals surface area contributed by atoms with Crippen molar-refractivity contribution in [1.29, 1.82) is 0 Å². The molecule has 1 unspecified atom stereocenters. The highest BCUT2D eigenvalue weighted by molar-refractivity contribution is 5.23. The van der Waals surface area contributed by atoms with Gasteiger partial charge in [-0.3, -0.25) is 4.57 Å². The number of nitrogens with zero attached hydrogens (tertiary/aromatic N) is 2. The molecule has 2 rings (SSSR count). The number of aliphatic hydroxyl groups excluding tert-OH is 2. The molecule has 1 aromatic heterocycles. The van der Waals surface area contributed by atoms with Crippen LogP contribution < -0.4 is 11.4 Å². The molecule has 0 aliphatic carbocycles. The van der Waals surface area contributed by atoms with Crippen molar-refractivity contribution in [2.45, 2.75) is 24.6 Å². The summed E-state index contributed by atoms with van der Waals surface area (Å²) in [5, 5.41) is 18.4. The van der Waals surface area contributed by atoms with Crippen molar-refractivity contribution in [3.8, 4) is 0 Å². The van der Waals surface area contributed by atoms with Crippen LogP contribution >= 0.6 is 0 Å². The second-order valence-electron chi connectivity index (χ2n) is 3.72. The van der Waals surface area contributed by atoms with Crippen molar-refractivity contribution in [3.05, 3.63) is 22.7 Å². The van der Waals surface area contributed by atoms with Crippen LogP contribution in [0.5, 0.6) is 0 Å². The fourth-order valence-electron chi connectivity index (χ4n) is 1.71. The smallest absolute Gasteiger partial charge is 0.351 e. The van der Waals surface area contributed by atoms with Gasteiger partial charge in [-0.25, -0.2) is 9.18 Å². The predicted octanol–water partition coefficient (Wildman–Crippen LogP) is -1.59. The van der Waals surface area contributed by atoms with Crippen molar-refractivity contribution >= 4 is 5.82 Å². The van der Waals surface area contributed by atoms with Crippen molar-refractivity contribution in [2.24, 2.45) is 0 Å². The van der Waals surface area contributed by atoms with Gasteiger partial charge in [0.25, 0.3) is 0 Å². The summed E-state index contributed by atoms with van der Waals surface area (Å²) in [5.41, 5.74) is 4.55. The summed E-state index contributed by atoms with van der Waals surface area (Å²) >= 11 is 0. The Morgan fingerprint density at radius 3 is 2.88 bits per heavy atom. The van der Waals surface area contributed by atoms with E-state index < -0.39 is 36.9 Å². The minimum atomic E-state index is -1.76. The molecule has 0 radical (unpaired) electrons. The lowest BCUT2D eigenvalue weighted by Gasteiger charge is -2.16. The van der Waals surface area contributed by atoms with Crippen LogP contribution in [0.25, 0.3) is 0 Å². The second kappa shape index (κ2) is 4.40. The summed E-state index contributed by atoms with van der Waals surface area (Å²) in [6.07, 6.45) is -4.39. The first-order valence-corrected chi connectivity index (χ1v) is 4.97. The number of hydrogen-bond donors (Lipinski definition) is 3. The summed E-state index contributed by atoms with van der Waals surface area (Å²) in [4.78, 5) is 14.9. The number of alkyl halides is 1. The van der Waals surface area contributed by atoms with Gasteiger partial charge in [0.15, 0.2) is 12.4 Å². The van der Waals surface area contributed by atoms with E-state index in [4.69, 9.17) is 15.6 Å².